The molecule has 0 radical (unpaired) electrons. The van der Waals surface area contributed by atoms with Gasteiger partial charge < -0.3 is 15.0 Å². The number of benzene rings is 1. The van der Waals surface area contributed by atoms with Crippen LogP contribution in [0.15, 0.2) is 24.3 Å². The highest BCUT2D eigenvalue weighted by molar-refractivity contribution is 6.18. The maximum Gasteiger partial charge on any atom is 0.224 e. The number of nitrogens with zero attached hydrogens (tertiary/aromatic N) is 1. The fraction of sp³-hybridized carbons (Fsp3) is 0.500. The average Bonchev–Trinajstić information content (AvgIpc) is 2.46. The number of para-hydroxylation sites is 2. The summed E-state index contributed by atoms with van der Waals surface area (Å²) in [6.07, 6.45) is 1.16. The minimum absolute atomic E-state index is 0.0151. The van der Waals surface area contributed by atoms with Crippen LogP contribution < -0.4 is 10.2 Å². The van der Waals surface area contributed by atoms with Crippen LogP contribution in [0.2, 0.25) is 0 Å². The van der Waals surface area contributed by atoms with Gasteiger partial charge in [-0.2, -0.15) is 0 Å². The van der Waals surface area contributed by atoms with Gasteiger partial charge in [0, 0.05) is 25.4 Å². The Morgan fingerprint density at radius 3 is 2.79 bits per heavy atom. The number of anilines is 2. The molecular weight excluding hydrogens is 264 g/mol. The molecule has 1 aromatic rings. The number of alkyl halides is 1. The first-order valence-corrected chi connectivity index (χ1v) is 7.12. The number of ether oxygens (including phenoxy) is 1. The number of carbonyl (C=O) groups excluding carboxylic acids is 1. The summed E-state index contributed by atoms with van der Waals surface area (Å²) in [5.41, 5.74) is 1.92. The van der Waals surface area contributed by atoms with Crippen molar-refractivity contribution in [3.8, 4) is 0 Å². The van der Waals surface area contributed by atoms with Crippen molar-refractivity contribution >= 4 is 28.9 Å². The fourth-order valence-corrected chi connectivity index (χ4v) is 2.23. The van der Waals surface area contributed by atoms with Gasteiger partial charge in [-0.05, 0) is 18.6 Å². The second-order valence-electron chi connectivity index (χ2n) is 4.46. The third-order valence-corrected chi connectivity index (χ3v) is 3.33. The molecule has 1 aliphatic heterocycles. The van der Waals surface area contributed by atoms with E-state index < -0.39 is 0 Å². The molecule has 1 aliphatic rings. The largest absolute Gasteiger partial charge is 0.378 e. The molecule has 4 nitrogen and oxygen atoms in total. The second kappa shape index (κ2) is 7.36. The van der Waals surface area contributed by atoms with Crippen LogP contribution in [0.1, 0.15) is 12.8 Å². The van der Waals surface area contributed by atoms with Crippen LogP contribution in [0, 0.1) is 0 Å². The van der Waals surface area contributed by atoms with E-state index in [1.807, 2.05) is 24.3 Å². The lowest BCUT2D eigenvalue weighted by Gasteiger charge is -2.30. The summed E-state index contributed by atoms with van der Waals surface area (Å²) in [6, 6.07) is 7.88. The fourth-order valence-electron chi connectivity index (χ4n) is 2.10. The molecule has 1 saturated heterocycles. The van der Waals surface area contributed by atoms with Crippen LogP contribution in [0.25, 0.3) is 0 Å². The van der Waals surface area contributed by atoms with Gasteiger partial charge in [0.25, 0.3) is 0 Å². The van der Waals surface area contributed by atoms with Gasteiger partial charge in [0.1, 0.15) is 0 Å². The van der Waals surface area contributed by atoms with E-state index in [4.69, 9.17) is 16.3 Å². The Bertz CT molecular complexity index is 420. The summed E-state index contributed by atoms with van der Waals surface area (Å²) in [4.78, 5) is 14.0. The third kappa shape index (κ3) is 4.11. The van der Waals surface area contributed by atoms with Gasteiger partial charge in [0.2, 0.25) is 5.91 Å². The number of amides is 1. The Hall–Kier alpha value is -1.26. The molecule has 0 aliphatic carbocycles. The molecule has 1 fully saturated rings. The summed E-state index contributed by atoms with van der Waals surface area (Å²) in [6.45, 7) is 3.17. The van der Waals surface area contributed by atoms with Crippen molar-refractivity contribution in [2.45, 2.75) is 12.8 Å². The van der Waals surface area contributed by atoms with Gasteiger partial charge in [-0.15, -0.1) is 11.6 Å². The molecule has 1 heterocycles. The Balaban J connectivity index is 2.05. The lowest BCUT2D eigenvalue weighted by atomic mass is 10.2. The summed E-state index contributed by atoms with van der Waals surface area (Å²) < 4.78 is 5.35. The van der Waals surface area contributed by atoms with Crippen LogP contribution in [0.5, 0.6) is 0 Å². The molecule has 2 rings (SSSR count). The summed E-state index contributed by atoms with van der Waals surface area (Å²) in [7, 11) is 0. The van der Waals surface area contributed by atoms with E-state index >= 15 is 0 Å². The van der Waals surface area contributed by atoms with Gasteiger partial charge in [0.05, 0.1) is 24.6 Å². The van der Waals surface area contributed by atoms with Crippen LogP contribution in [-0.4, -0.2) is 38.1 Å². The number of morpholine rings is 1. The minimum atomic E-state index is 0.0151. The van der Waals surface area contributed by atoms with Crippen molar-refractivity contribution in [2.24, 2.45) is 0 Å². The normalized spacial score (nSPS) is 15.3. The molecule has 0 atom stereocenters. The van der Waals surface area contributed by atoms with Crippen LogP contribution in [0.4, 0.5) is 11.4 Å². The van der Waals surface area contributed by atoms with Crippen molar-refractivity contribution < 1.29 is 9.53 Å². The monoisotopic (exact) mass is 282 g/mol. The lowest BCUT2D eigenvalue weighted by Crippen LogP contribution is -2.36. The summed E-state index contributed by atoms with van der Waals surface area (Å²) in [5.74, 6) is 0.528. The number of hydrogen-bond acceptors (Lipinski definition) is 3. The molecule has 1 N–H and O–H groups in total. The zero-order valence-corrected chi connectivity index (χ0v) is 11.7. The highest BCUT2D eigenvalue weighted by atomic mass is 35.5. The molecule has 0 saturated carbocycles. The first-order valence-electron chi connectivity index (χ1n) is 6.59. The summed E-state index contributed by atoms with van der Waals surface area (Å²) in [5, 5.41) is 2.96. The van der Waals surface area contributed by atoms with Crippen molar-refractivity contribution in [3.05, 3.63) is 24.3 Å². The lowest BCUT2D eigenvalue weighted by molar-refractivity contribution is -0.116. The van der Waals surface area contributed by atoms with Gasteiger partial charge in [-0.3, -0.25) is 4.79 Å². The molecule has 0 aromatic heterocycles. The number of rotatable bonds is 5. The molecule has 1 amide bonds. The Labute approximate surface area is 118 Å². The molecule has 104 valence electrons. The second-order valence-corrected chi connectivity index (χ2v) is 4.84. The van der Waals surface area contributed by atoms with Gasteiger partial charge in [-0.25, -0.2) is 0 Å². The molecule has 0 unspecified atom stereocenters. The maximum atomic E-state index is 11.8. The van der Waals surface area contributed by atoms with Crippen molar-refractivity contribution in [2.75, 3.05) is 42.4 Å². The highest BCUT2D eigenvalue weighted by Crippen LogP contribution is 2.26. The SMILES string of the molecule is O=C(CCCCl)Nc1ccccc1N1CCOCC1. The minimum Gasteiger partial charge on any atom is -0.378 e. The van der Waals surface area contributed by atoms with E-state index in [1.54, 1.807) is 0 Å². The average molecular weight is 283 g/mol. The predicted molar refractivity (Wildman–Crippen MR) is 78.1 cm³/mol. The van der Waals surface area contributed by atoms with E-state index in [-0.39, 0.29) is 5.91 Å². The molecular formula is C14H19ClN2O2. The zero-order chi connectivity index (χ0) is 13.5. The predicted octanol–water partition coefficient (Wildman–Crippen LogP) is 2.48. The third-order valence-electron chi connectivity index (χ3n) is 3.07. The number of halogens is 1. The topological polar surface area (TPSA) is 41.6 Å². The van der Waals surface area contributed by atoms with Crippen molar-refractivity contribution in [1.82, 2.24) is 0 Å². The standard InChI is InChI=1S/C14H19ClN2O2/c15-7-3-6-14(18)16-12-4-1-2-5-13(12)17-8-10-19-11-9-17/h1-2,4-5H,3,6-11H2,(H,16,18). The van der Waals surface area contributed by atoms with E-state index in [9.17, 15) is 4.79 Å². The molecule has 5 heteroatoms. The summed E-state index contributed by atoms with van der Waals surface area (Å²) >= 11 is 5.60. The van der Waals surface area contributed by atoms with E-state index in [2.05, 4.69) is 10.2 Å². The number of hydrogen-bond donors (Lipinski definition) is 1. The van der Waals surface area contributed by atoms with Crippen LogP contribution in [0.3, 0.4) is 0 Å². The number of nitrogens with one attached hydrogen (secondary N) is 1. The van der Waals surface area contributed by atoms with Crippen LogP contribution in [-0.2, 0) is 9.53 Å². The van der Waals surface area contributed by atoms with E-state index in [0.717, 1.165) is 37.7 Å². The van der Waals surface area contributed by atoms with Gasteiger partial charge in [-0.1, -0.05) is 12.1 Å². The first-order chi connectivity index (χ1) is 9.31. The molecule has 0 bridgehead atoms. The van der Waals surface area contributed by atoms with Crippen molar-refractivity contribution in [1.29, 1.82) is 0 Å². The quantitative estimate of drug-likeness (QED) is 0.844. The first kappa shape index (κ1) is 14.2. The Morgan fingerprint density at radius 1 is 1.32 bits per heavy atom. The molecule has 1 aromatic carbocycles. The molecule has 19 heavy (non-hydrogen) atoms. The Morgan fingerprint density at radius 2 is 2.05 bits per heavy atom. The van der Waals surface area contributed by atoms with Crippen molar-refractivity contribution in [3.63, 3.8) is 0 Å². The van der Waals surface area contributed by atoms with Gasteiger partial charge >= 0.3 is 0 Å². The smallest absolute Gasteiger partial charge is 0.224 e. The Kier molecular flexibility index (Phi) is 5.48. The van der Waals surface area contributed by atoms with Gasteiger partial charge in [0.15, 0.2) is 0 Å². The van der Waals surface area contributed by atoms with Crippen LogP contribution >= 0.6 is 11.6 Å². The highest BCUT2D eigenvalue weighted by Gasteiger charge is 2.15. The van der Waals surface area contributed by atoms with E-state index in [0.29, 0.717) is 18.7 Å². The zero-order valence-electron chi connectivity index (χ0n) is 10.9. The van der Waals surface area contributed by atoms with E-state index in [1.165, 1.54) is 0 Å². The molecule has 0 spiro atoms. The maximum absolute atomic E-state index is 11.8. The number of carbonyl (C=O) groups is 1.